The fraction of sp³-hybridized carbons (Fsp3) is 0.692. The Morgan fingerprint density at radius 2 is 1.42 bits per heavy atom. The highest BCUT2D eigenvalue weighted by atomic mass is 16.7. The summed E-state index contributed by atoms with van der Waals surface area (Å²) in [5.74, 6) is -0.311. The quantitative estimate of drug-likeness (QED) is 0.403. The highest BCUT2D eigenvalue weighted by molar-refractivity contribution is 5.75. The minimum Gasteiger partial charge on any atom is -0.460 e. The Balaban J connectivity index is 0.00000497. The molecule has 0 radical (unpaired) electrons. The predicted molar refractivity (Wildman–Crippen MR) is 131 cm³/mol. The second-order valence-electron chi connectivity index (χ2n) is 10.8. The molecule has 0 spiro atoms. The van der Waals surface area contributed by atoms with Crippen molar-refractivity contribution in [2.45, 2.75) is 94.4 Å². The van der Waals surface area contributed by atoms with E-state index >= 15 is 0 Å². The van der Waals surface area contributed by atoms with Gasteiger partial charge in [0.05, 0.1) is 16.9 Å². The van der Waals surface area contributed by atoms with Gasteiger partial charge in [-0.15, -0.1) is 0 Å². The van der Waals surface area contributed by atoms with Crippen molar-refractivity contribution in [3.8, 4) is 5.75 Å². The molecule has 0 heterocycles. The Morgan fingerprint density at radius 1 is 0.909 bits per heavy atom. The number of esters is 2. The molecule has 0 bridgehead atoms. The van der Waals surface area contributed by atoms with Crippen molar-refractivity contribution >= 4 is 11.9 Å². The Hall–Kier alpha value is -2.12. The van der Waals surface area contributed by atoms with E-state index in [1.807, 2.05) is 34.6 Å². The largest absolute Gasteiger partial charge is 0.460 e. The molecule has 0 amide bonds. The highest BCUT2D eigenvalue weighted by Gasteiger charge is 2.25. The zero-order valence-electron chi connectivity index (χ0n) is 22.4. The molecule has 0 saturated carbocycles. The minimum absolute atomic E-state index is 0.0219. The molecule has 7 nitrogen and oxygen atoms in total. The van der Waals surface area contributed by atoms with Gasteiger partial charge < -0.3 is 24.6 Å². The summed E-state index contributed by atoms with van der Waals surface area (Å²) in [6.07, 6.45) is -0.746. The third-order valence-electron chi connectivity index (χ3n) is 4.28. The third-order valence-corrected chi connectivity index (χ3v) is 4.28. The summed E-state index contributed by atoms with van der Waals surface area (Å²) in [7, 11) is 0. The van der Waals surface area contributed by atoms with Crippen LogP contribution < -0.4 is 10.1 Å². The summed E-state index contributed by atoms with van der Waals surface area (Å²) in [4.78, 5) is 24.2. The SMILES string of the molecule is CC.CC(C)(C)NCC(O)c1ccc(OCOC(=O)C(C)(C)C)c(COC(=O)C(C)(C)C)c1. The smallest absolute Gasteiger partial charge is 0.314 e. The summed E-state index contributed by atoms with van der Waals surface area (Å²) < 4.78 is 16.2. The van der Waals surface area contributed by atoms with Crippen molar-refractivity contribution in [3.05, 3.63) is 29.3 Å². The first-order valence-corrected chi connectivity index (χ1v) is 11.5. The van der Waals surface area contributed by atoms with Crippen LogP contribution in [0.1, 0.15) is 93.4 Å². The van der Waals surface area contributed by atoms with E-state index in [1.165, 1.54) is 0 Å². The fourth-order valence-electron chi connectivity index (χ4n) is 2.30. The molecule has 0 saturated heterocycles. The lowest BCUT2D eigenvalue weighted by Crippen LogP contribution is -2.38. The normalized spacial score (nSPS) is 12.8. The number of ether oxygens (including phenoxy) is 3. The van der Waals surface area contributed by atoms with E-state index in [-0.39, 0.29) is 30.9 Å². The molecule has 1 unspecified atom stereocenters. The zero-order chi connectivity index (χ0) is 26.0. The Labute approximate surface area is 200 Å². The van der Waals surface area contributed by atoms with E-state index in [1.54, 1.807) is 59.7 Å². The molecular formula is C26H45NO6. The minimum atomic E-state index is -0.746. The van der Waals surface area contributed by atoms with Gasteiger partial charge in [0.1, 0.15) is 12.4 Å². The van der Waals surface area contributed by atoms with Gasteiger partial charge in [0.25, 0.3) is 0 Å². The number of hydrogen-bond acceptors (Lipinski definition) is 7. The Morgan fingerprint density at radius 3 is 1.91 bits per heavy atom. The van der Waals surface area contributed by atoms with E-state index in [0.29, 0.717) is 23.4 Å². The van der Waals surface area contributed by atoms with Gasteiger partial charge in [-0.05, 0) is 80.0 Å². The highest BCUT2D eigenvalue weighted by Crippen LogP contribution is 2.26. The molecule has 7 heteroatoms. The number of rotatable bonds is 8. The van der Waals surface area contributed by atoms with Gasteiger partial charge in [-0.3, -0.25) is 9.59 Å². The first kappa shape index (κ1) is 30.9. The zero-order valence-corrected chi connectivity index (χ0v) is 22.4. The molecule has 1 aromatic carbocycles. The lowest BCUT2D eigenvalue weighted by Gasteiger charge is -2.24. The van der Waals surface area contributed by atoms with Crippen LogP contribution in [0.5, 0.6) is 5.75 Å². The third kappa shape index (κ3) is 12.1. The van der Waals surface area contributed by atoms with Crippen molar-refractivity contribution in [2.75, 3.05) is 13.3 Å². The number of carbonyl (C=O) groups excluding carboxylic acids is 2. The maximum atomic E-state index is 12.2. The molecule has 0 aliphatic carbocycles. The number of β-amino-alcohol motifs (C(OH)–C–C–N with tert-alkyl or cyclic N) is 1. The van der Waals surface area contributed by atoms with Gasteiger partial charge in [-0.2, -0.15) is 0 Å². The average molecular weight is 468 g/mol. The van der Waals surface area contributed by atoms with Crippen molar-refractivity contribution in [1.29, 1.82) is 0 Å². The molecule has 0 fully saturated rings. The lowest BCUT2D eigenvalue weighted by atomic mass is 9.97. The van der Waals surface area contributed by atoms with Crippen molar-refractivity contribution in [3.63, 3.8) is 0 Å². The standard InChI is InChI=1S/C24H39NO6.C2H6/c1-22(2,3)20(27)29-14-17-12-16(18(26)13-25-24(7,8)9)10-11-19(17)30-15-31-21(28)23(4,5)6;1-2/h10-12,18,25-26H,13-15H2,1-9H3;1-2H3. The van der Waals surface area contributed by atoms with Crippen LogP contribution in [0.3, 0.4) is 0 Å². The number of carbonyl (C=O) groups is 2. The molecule has 1 rings (SSSR count). The van der Waals surface area contributed by atoms with E-state index in [9.17, 15) is 14.7 Å². The summed E-state index contributed by atoms with van der Waals surface area (Å²) in [6.45, 7) is 20.7. The molecule has 190 valence electrons. The maximum Gasteiger partial charge on any atom is 0.314 e. The average Bonchev–Trinajstić information content (AvgIpc) is 2.70. The summed E-state index contributed by atoms with van der Waals surface area (Å²) in [5.41, 5.74) is -0.166. The molecule has 0 aromatic heterocycles. The van der Waals surface area contributed by atoms with E-state index < -0.39 is 16.9 Å². The summed E-state index contributed by atoms with van der Waals surface area (Å²) >= 11 is 0. The van der Waals surface area contributed by atoms with Gasteiger partial charge in [-0.25, -0.2) is 0 Å². The maximum absolute atomic E-state index is 12.2. The Bertz CT molecular complexity index is 754. The van der Waals surface area contributed by atoms with E-state index in [0.717, 1.165) is 0 Å². The molecule has 0 aliphatic rings. The van der Waals surface area contributed by atoms with Crippen LogP contribution in [0.4, 0.5) is 0 Å². The van der Waals surface area contributed by atoms with Crippen LogP contribution >= 0.6 is 0 Å². The number of aliphatic hydroxyl groups excluding tert-OH is 1. The monoisotopic (exact) mass is 467 g/mol. The number of benzene rings is 1. The molecule has 2 N–H and O–H groups in total. The summed E-state index contributed by atoms with van der Waals surface area (Å²) in [5, 5.41) is 13.8. The van der Waals surface area contributed by atoms with Crippen molar-refractivity contribution in [1.82, 2.24) is 5.32 Å². The number of nitrogens with one attached hydrogen (secondary N) is 1. The Kier molecular flexibility index (Phi) is 12.1. The van der Waals surface area contributed by atoms with Crippen LogP contribution in [0.15, 0.2) is 18.2 Å². The summed E-state index contributed by atoms with van der Waals surface area (Å²) in [6, 6.07) is 5.16. The van der Waals surface area contributed by atoms with Crippen LogP contribution in [-0.4, -0.2) is 35.9 Å². The molecular weight excluding hydrogens is 422 g/mol. The van der Waals surface area contributed by atoms with Gasteiger partial charge in [0.15, 0.2) is 0 Å². The van der Waals surface area contributed by atoms with Gasteiger partial charge in [0.2, 0.25) is 6.79 Å². The number of aliphatic hydroxyl groups is 1. The second-order valence-corrected chi connectivity index (χ2v) is 10.8. The molecule has 0 aliphatic heterocycles. The second kappa shape index (κ2) is 12.9. The van der Waals surface area contributed by atoms with E-state index in [2.05, 4.69) is 5.32 Å². The predicted octanol–water partition coefficient (Wildman–Crippen LogP) is 5.15. The van der Waals surface area contributed by atoms with Crippen LogP contribution in [-0.2, 0) is 25.7 Å². The molecule has 1 atom stereocenters. The lowest BCUT2D eigenvalue weighted by molar-refractivity contribution is -0.159. The first-order valence-electron chi connectivity index (χ1n) is 11.5. The van der Waals surface area contributed by atoms with Gasteiger partial charge in [-0.1, -0.05) is 19.9 Å². The van der Waals surface area contributed by atoms with Crippen LogP contribution in [0, 0.1) is 10.8 Å². The molecule has 33 heavy (non-hydrogen) atoms. The van der Waals surface area contributed by atoms with Crippen molar-refractivity contribution in [2.24, 2.45) is 10.8 Å². The van der Waals surface area contributed by atoms with Crippen LogP contribution in [0.25, 0.3) is 0 Å². The van der Waals surface area contributed by atoms with Gasteiger partial charge in [0, 0.05) is 17.6 Å². The fourth-order valence-corrected chi connectivity index (χ4v) is 2.30. The topological polar surface area (TPSA) is 94.1 Å². The van der Waals surface area contributed by atoms with Gasteiger partial charge >= 0.3 is 11.9 Å². The first-order chi connectivity index (χ1) is 15.0. The molecule has 1 aromatic rings. The van der Waals surface area contributed by atoms with Crippen molar-refractivity contribution < 1.29 is 28.9 Å². The van der Waals surface area contributed by atoms with Crippen LogP contribution in [0.2, 0.25) is 0 Å². The van der Waals surface area contributed by atoms with E-state index in [4.69, 9.17) is 14.2 Å². The number of hydrogen-bond donors (Lipinski definition) is 2.